The SMILES string of the molecule is Cc1nccc(CNC(=O)c2cccc(Br)c2F)n1. The minimum atomic E-state index is -0.570. The largest absolute Gasteiger partial charge is 0.346 e. The molecule has 0 saturated heterocycles. The van der Waals surface area contributed by atoms with E-state index in [0.29, 0.717) is 11.5 Å². The number of nitrogens with one attached hydrogen (secondary N) is 1. The third-order valence-corrected chi connectivity index (χ3v) is 3.07. The van der Waals surface area contributed by atoms with Crippen LogP contribution in [0.5, 0.6) is 0 Å². The van der Waals surface area contributed by atoms with Crippen LogP contribution in [0.3, 0.4) is 0 Å². The molecule has 0 radical (unpaired) electrons. The van der Waals surface area contributed by atoms with Crippen molar-refractivity contribution in [2.24, 2.45) is 0 Å². The molecule has 1 heterocycles. The molecule has 2 rings (SSSR count). The zero-order chi connectivity index (χ0) is 13.8. The van der Waals surface area contributed by atoms with Crippen molar-refractivity contribution >= 4 is 21.8 Å². The van der Waals surface area contributed by atoms with Gasteiger partial charge in [0.15, 0.2) is 0 Å². The van der Waals surface area contributed by atoms with Crippen LogP contribution in [0.1, 0.15) is 21.9 Å². The van der Waals surface area contributed by atoms with Crippen molar-refractivity contribution in [3.8, 4) is 0 Å². The van der Waals surface area contributed by atoms with E-state index in [1.807, 2.05) is 0 Å². The summed E-state index contributed by atoms with van der Waals surface area (Å²) >= 11 is 3.04. The number of halogens is 2. The summed E-state index contributed by atoms with van der Waals surface area (Å²) in [5.74, 6) is -0.422. The molecule has 98 valence electrons. The number of nitrogens with zero attached hydrogens (tertiary/aromatic N) is 2. The van der Waals surface area contributed by atoms with Crippen LogP contribution >= 0.6 is 15.9 Å². The summed E-state index contributed by atoms with van der Waals surface area (Å²) < 4.78 is 14.0. The van der Waals surface area contributed by atoms with Gasteiger partial charge >= 0.3 is 0 Å². The second-order valence-corrected chi connectivity index (χ2v) is 4.73. The van der Waals surface area contributed by atoms with Crippen molar-refractivity contribution in [3.05, 3.63) is 57.8 Å². The Morgan fingerprint density at radius 2 is 2.21 bits per heavy atom. The van der Waals surface area contributed by atoms with Crippen molar-refractivity contribution in [2.75, 3.05) is 0 Å². The van der Waals surface area contributed by atoms with Crippen molar-refractivity contribution in [1.82, 2.24) is 15.3 Å². The fourth-order valence-electron chi connectivity index (χ4n) is 1.55. The summed E-state index contributed by atoms with van der Waals surface area (Å²) in [6.45, 7) is 1.99. The van der Waals surface area contributed by atoms with Crippen LogP contribution < -0.4 is 5.32 Å². The van der Waals surface area contributed by atoms with Gasteiger partial charge in [0.25, 0.3) is 5.91 Å². The quantitative estimate of drug-likeness (QED) is 0.944. The summed E-state index contributed by atoms with van der Waals surface area (Å²) in [5.41, 5.74) is 0.677. The zero-order valence-electron chi connectivity index (χ0n) is 10.2. The van der Waals surface area contributed by atoms with Crippen LogP contribution in [-0.4, -0.2) is 15.9 Å². The fraction of sp³-hybridized carbons (Fsp3) is 0.154. The standard InChI is InChI=1S/C13H11BrFN3O/c1-8-16-6-5-9(18-8)7-17-13(19)10-3-2-4-11(14)12(10)15/h2-6H,7H2,1H3,(H,17,19). The Labute approximate surface area is 118 Å². The molecule has 0 aliphatic carbocycles. The Morgan fingerprint density at radius 1 is 1.42 bits per heavy atom. The number of hydrogen-bond acceptors (Lipinski definition) is 3. The number of rotatable bonds is 3. The number of aryl methyl sites for hydroxylation is 1. The first-order valence-corrected chi connectivity index (χ1v) is 6.38. The Hall–Kier alpha value is -1.82. The van der Waals surface area contributed by atoms with Crippen LogP contribution in [0.4, 0.5) is 4.39 Å². The van der Waals surface area contributed by atoms with E-state index in [9.17, 15) is 9.18 Å². The van der Waals surface area contributed by atoms with E-state index in [4.69, 9.17) is 0 Å². The summed E-state index contributed by atoms with van der Waals surface area (Å²) in [6.07, 6.45) is 1.61. The molecule has 1 aromatic heterocycles. The van der Waals surface area contributed by atoms with Crippen molar-refractivity contribution in [1.29, 1.82) is 0 Å². The molecular weight excluding hydrogens is 313 g/mol. The maximum absolute atomic E-state index is 13.7. The highest BCUT2D eigenvalue weighted by Gasteiger charge is 2.13. The lowest BCUT2D eigenvalue weighted by Gasteiger charge is -2.06. The second kappa shape index (κ2) is 5.88. The molecule has 0 aliphatic heterocycles. The smallest absolute Gasteiger partial charge is 0.254 e. The van der Waals surface area contributed by atoms with E-state index >= 15 is 0 Å². The average Bonchev–Trinajstić information content (AvgIpc) is 2.39. The molecule has 4 nitrogen and oxygen atoms in total. The van der Waals surface area contributed by atoms with Crippen molar-refractivity contribution in [3.63, 3.8) is 0 Å². The highest BCUT2D eigenvalue weighted by molar-refractivity contribution is 9.10. The van der Waals surface area contributed by atoms with Crippen molar-refractivity contribution in [2.45, 2.75) is 13.5 Å². The van der Waals surface area contributed by atoms with Crippen LogP contribution in [0.2, 0.25) is 0 Å². The summed E-state index contributed by atoms with van der Waals surface area (Å²) in [4.78, 5) is 20.0. The Balaban J connectivity index is 2.08. The van der Waals surface area contributed by atoms with Gasteiger partial charge in [-0.1, -0.05) is 6.07 Å². The topological polar surface area (TPSA) is 54.9 Å². The molecule has 2 aromatic rings. The van der Waals surface area contributed by atoms with E-state index in [-0.39, 0.29) is 16.6 Å². The molecule has 0 unspecified atom stereocenters. The molecule has 6 heteroatoms. The monoisotopic (exact) mass is 323 g/mol. The molecule has 19 heavy (non-hydrogen) atoms. The van der Waals surface area contributed by atoms with Gasteiger partial charge in [0.05, 0.1) is 22.3 Å². The van der Waals surface area contributed by atoms with Crippen LogP contribution in [0, 0.1) is 12.7 Å². The van der Waals surface area contributed by atoms with Crippen LogP contribution in [0.15, 0.2) is 34.9 Å². The van der Waals surface area contributed by atoms with E-state index in [1.54, 1.807) is 31.3 Å². The number of hydrogen-bond donors (Lipinski definition) is 1. The normalized spacial score (nSPS) is 10.3. The van der Waals surface area contributed by atoms with Crippen LogP contribution in [0.25, 0.3) is 0 Å². The number of amides is 1. The number of aromatic nitrogens is 2. The molecule has 1 amide bonds. The fourth-order valence-corrected chi connectivity index (χ4v) is 1.92. The Morgan fingerprint density at radius 3 is 2.95 bits per heavy atom. The van der Waals surface area contributed by atoms with Gasteiger partial charge in [-0.2, -0.15) is 0 Å². The second-order valence-electron chi connectivity index (χ2n) is 3.88. The molecule has 0 saturated carbocycles. The molecule has 1 aromatic carbocycles. The van der Waals surface area contributed by atoms with Crippen LogP contribution in [-0.2, 0) is 6.54 Å². The Kier molecular flexibility index (Phi) is 4.21. The molecule has 0 aliphatic rings. The number of benzene rings is 1. The van der Waals surface area contributed by atoms with Crippen molar-refractivity contribution < 1.29 is 9.18 Å². The van der Waals surface area contributed by atoms with Gasteiger partial charge in [-0.15, -0.1) is 0 Å². The lowest BCUT2D eigenvalue weighted by atomic mass is 10.2. The van der Waals surface area contributed by atoms with E-state index in [1.165, 1.54) is 6.07 Å². The first-order valence-electron chi connectivity index (χ1n) is 5.58. The highest BCUT2D eigenvalue weighted by atomic mass is 79.9. The van der Waals surface area contributed by atoms with Gasteiger partial charge < -0.3 is 5.32 Å². The molecule has 1 N–H and O–H groups in total. The molecule has 0 spiro atoms. The number of carbonyl (C=O) groups excluding carboxylic acids is 1. The lowest BCUT2D eigenvalue weighted by Crippen LogP contribution is -2.24. The Bertz CT molecular complexity index is 619. The van der Waals surface area contributed by atoms with E-state index in [0.717, 1.165) is 0 Å². The lowest BCUT2D eigenvalue weighted by molar-refractivity contribution is 0.0946. The van der Waals surface area contributed by atoms with Gasteiger partial charge in [-0.3, -0.25) is 4.79 Å². The third-order valence-electron chi connectivity index (χ3n) is 2.46. The highest BCUT2D eigenvalue weighted by Crippen LogP contribution is 2.18. The zero-order valence-corrected chi connectivity index (χ0v) is 11.7. The van der Waals surface area contributed by atoms with Gasteiger partial charge in [0, 0.05) is 6.20 Å². The molecule has 0 bridgehead atoms. The summed E-state index contributed by atoms with van der Waals surface area (Å²) in [6, 6.07) is 6.28. The van der Waals surface area contributed by atoms with Gasteiger partial charge in [-0.05, 0) is 41.1 Å². The average molecular weight is 324 g/mol. The summed E-state index contributed by atoms with van der Waals surface area (Å²) in [5, 5.41) is 2.62. The minimum Gasteiger partial charge on any atom is -0.346 e. The van der Waals surface area contributed by atoms with Gasteiger partial charge in [0.2, 0.25) is 0 Å². The number of carbonyl (C=O) groups is 1. The predicted octanol–water partition coefficient (Wildman–Crippen LogP) is 2.62. The minimum absolute atomic E-state index is 0.000142. The molecular formula is C13H11BrFN3O. The van der Waals surface area contributed by atoms with Gasteiger partial charge in [0.1, 0.15) is 11.6 Å². The molecule has 0 fully saturated rings. The predicted molar refractivity (Wildman–Crippen MR) is 72.0 cm³/mol. The molecule has 0 atom stereocenters. The van der Waals surface area contributed by atoms with E-state index < -0.39 is 11.7 Å². The first-order chi connectivity index (χ1) is 9.08. The third kappa shape index (κ3) is 3.35. The summed E-state index contributed by atoms with van der Waals surface area (Å²) in [7, 11) is 0. The van der Waals surface area contributed by atoms with E-state index in [2.05, 4.69) is 31.2 Å². The maximum Gasteiger partial charge on any atom is 0.254 e. The maximum atomic E-state index is 13.7. The van der Waals surface area contributed by atoms with Gasteiger partial charge in [-0.25, -0.2) is 14.4 Å². The first kappa shape index (κ1) is 13.6.